The number of fused-ring (bicyclic) bond motifs is 1. The fraction of sp³-hybridized carbons (Fsp3) is 0.261. The molecule has 0 saturated carbocycles. The van der Waals surface area contributed by atoms with E-state index in [2.05, 4.69) is 15.5 Å². The summed E-state index contributed by atoms with van der Waals surface area (Å²) in [6, 6.07) is 16.4. The summed E-state index contributed by atoms with van der Waals surface area (Å²) in [7, 11) is 0. The van der Waals surface area contributed by atoms with Gasteiger partial charge >= 0.3 is 0 Å². The smallest absolute Gasteiger partial charge is 0.256 e. The van der Waals surface area contributed by atoms with Crippen molar-refractivity contribution in [3.05, 3.63) is 60.2 Å². The van der Waals surface area contributed by atoms with Crippen LogP contribution in [0.3, 0.4) is 0 Å². The van der Waals surface area contributed by atoms with E-state index in [9.17, 15) is 14.7 Å². The number of anilines is 3. The van der Waals surface area contributed by atoms with Gasteiger partial charge in [0.15, 0.2) is 0 Å². The molecule has 2 amide bonds. The number of carbonyl (C=O) groups excluding carboxylic acids is 2. The number of aliphatic hydroxyl groups excluding tert-OH is 1. The Balaban J connectivity index is 1.65. The Morgan fingerprint density at radius 3 is 2.50 bits per heavy atom. The van der Waals surface area contributed by atoms with Gasteiger partial charge in [-0.2, -0.15) is 0 Å². The van der Waals surface area contributed by atoms with Crippen molar-refractivity contribution in [2.24, 2.45) is 0 Å². The van der Waals surface area contributed by atoms with E-state index in [0.717, 1.165) is 30.3 Å². The van der Waals surface area contributed by atoms with E-state index >= 15 is 0 Å². The van der Waals surface area contributed by atoms with Crippen LogP contribution in [0, 0.1) is 0 Å². The first-order chi connectivity index (χ1) is 14.5. The number of aromatic nitrogens is 1. The average Bonchev–Trinajstić information content (AvgIpc) is 3.23. The summed E-state index contributed by atoms with van der Waals surface area (Å²) < 4.78 is 0. The number of rotatable bonds is 5. The molecular weight excluding hydrogens is 380 g/mol. The van der Waals surface area contributed by atoms with Crippen LogP contribution in [0.1, 0.15) is 30.1 Å². The van der Waals surface area contributed by atoms with Gasteiger partial charge in [-0.1, -0.05) is 18.2 Å². The number of pyridine rings is 1. The highest BCUT2D eigenvalue weighted by molar-refractivity contribution is 6.13. The van der Waals surface area contributed by atoms with E-state index in [1.54, 1.807) is 30.3 Å². The Bertz CT molecular complexity index is 1080. The third-order valence-electron chi connectivity index (χ3n) is 5.29. The number of nitrogens with zero attached hydrogens (tertiary/aromatic N) is 2. The minimum absolute atomic E-state index is 0.0240. The number of carbonyl (C=O) groups is 2. The van der Waals surface area contributed by atoms with Gasteiger partial charge < -0.3 is 20.6 Å². The van der Waals surface area contributed by atoms with Gasteiger partial charge in [-0.25, -0.2) is 4.98 Å². The SMILES string of the molecule is CC(=O)Nc1ccc(NC(=O)c2cc(N3CCCC3CO)nc3ccccc23)cc1. The second-order valence-electron chi connectivity index (χ2n) is 7.43. The molecule has 0 radical (unpaired) electrons. The van der Waals surface area contributed by atoms with Crippen LogP contribution in [0.2, 0.25) is 0 Å². The van der Waals surface area contributed by atoms with Crippen LogP contribution in [-0.2, 0) is 4.79 Å². The minimum Gasteiger partial charge on any atom is -0.394 e. The molecule has 30 heavy (non-hydrogen) atoms. The van der Waals surface area contributed by atoms with Gasteiger partial charge in [0.05, 0.1) is 23.7 Å². The Morgan fingerprint density at radius 1 is 1.10 bits per heavy atom. The van der Waals surface area contributed by atoms with Crippen molar-refractivity contribution >= 4 is 39.9 Å². The van der Waals surface area contributed by atoms with Crippen molar-refractivity contribution in [1.82, 2.24) is 4.98 Å². The molecule has 7 nitrogen and oxygen atoms in total. The number of benzene rings is 2. The molecular formula is C23H24N4O3. The first-order valence-corrected chi connectivity index (χ1v) is 10.0. The second-order valence-corrected chi connectivity index (χ2v) is 7.43. The average molecular weight is 404 g/mol. The van der Waals surface area contributed by atoms with Gasteiger partial charge in [-0.05, 0) is 49.2 Å². The summed E-state index contributed by atoms with van der Waals surface area (Å²) in [6.45, 7) is 2.32. The molecule has 1 atom stereocenters. The molecule has 0 aliphatic carbocycles. The number of amides is 2. The van der Waals surface area contributed by atoms with E-state index in [-0.39, 0.29) is 24.5 Å². The lowest BCUT2D eigenvalue weighted by Gasteiger charge is -2.25. The number of hydrogen-bond acceptors (Lipinski definition) is 5. The molecule has 2 heterocycles. The fourth-order valence-electron chi connectivity index (χ4n) is 3.86. The molecule has 1 aliphatic rings. The van der Waals surface area contributed by atoms with Crippen molar-refractivity contribution in [1.29, 1.82) is 0 Å². The van der Waals surface area contributed by atoms with Gasteiger partial charge in [0.2, 0.25) is 5.91 Å². The monoisotopic (exact) mass is 404 g/mol. The van der Waals surface area contributed by atoms with Crippen LogP contribution in [0.4, 0.5) is 17.2 Å². The quantitative estimate of drug-likeness (QED) is 0.606. The molecule has 1 aromatic heterocycles. The highest BCUT2D eigenvalue weighted by Crippen LogP contribution is 2.29. The number of para-hydroxylation sites is 1. The summed E-state index contributed by atoms with van der Waals surface area (Å²) in [5.41, 5.74) is 2.57. The van der Waals surface area contributed by atoms with Gasteiger partial charge in [0.1, 0.15) is 5.82 Å². The zero-order valence-corrected chi connectivity index (χ0v) is 16.8. The molecule has 3 aromatic rings. The zero-order chi connectivity index (χ0) is 21.1. The van der Waals surface area contributed by atoms with E-state index < -0.39 is 0 Å². The molecule has 154 valence electrons. The molecule has 3 N–H and O–H groups in total. The zero-order valence-electron chi connectivity index (χ0n) is 16.8. The van der Waals surface area contributed by atoms with Crippen LogP contribution < -0.4 is 15.5 Å². The topological polar surface area (TPSA) is 94.6 Å². The largest absolute Gasteiger partial charge is 0.394 e. The molecule has 1 saturated heterocycles. The summed E-state index contributed by atoms with van der Waals surface area (Å²) >= 11 is 0. The van der Waals surface area contributed by atoms with Crippen LogP contribution in [0.15, 0.2) is 54.6 Å². The highest BCUT2D eigenvalue weighted by Gasteiger charge is 2.26. The van der Waals surface area contributed by atoms with Gasteiger partial charge in [0.25, 0.3) is 5.91 Å². The van der Waals surface area contributed by atoms with Crippen LogP contribution in [-0.4, -0.2) is 41.1 Å². The van der Waals surface area contributed by atoms with Crippen molar-refractivity contribution in [3.8, 4) is 0 Å². The first-order valence-electron chi connectivity index (χ1n) is 10.0. The van der Waals surface area contributed by atoms with Gasteiger partial charge in [0, 0.05) is 30.2 Å². The molecule has 7 heteroatoms. The first kappa shape index (κ1) is 19.8. The van der Waals surface area contributed by atoms with Crippen LogP contribution in [0.5, 0.6) is 0 Å². The maximum atomic E-state index is 13.1. The molecule has 1 unspecified atom stereocenters. The van der Waals surface area contributed by atoms with E-state index in [1.165, 1.54) is 6.92 Å². The van der Waals surface area contributed by atoms with Gasteiger partial charge in [-0.15, -0.1) is 0 Å². The summed E-state index contributed by atoms with van der Waals surface area (Å²) in [5.74, 6) is 0.323. The van der Waals surface area contributed by atoms with E-state index in [0.29, 0.717) is 22.8 Å². The summed E-state index contributed by atoms with van der Waals surface area (Å²) in [4.78, 5) is 31.1. The predicted molar refractivity (Wildman–Crippen MR) is 118 cm³/mol. The summed E-state index contributed by atoms with van der Waals surface area (Å²) in [5, 5.41) is 16.1. The molecule has 1 fully saturated rings. The Kier molecular flexibility index (Phi) is 5.63. The molecule has 0 bridgehead atoms. The second kappa shape index (κ2) is 8.51. The molecule has 0 spiro atoms. The molecule has 2 aromatic carbocycles. The third-order valence-corrected chi connectivity index (χ3v) is 5.29. The van der Waals surface area contributed by atoms with Crippen molar-refractivity contribution < 1.29 is 14.7 Å². The number of aliphatic hydroxyl groups is 1. The Labute approximate surface area is 174 Å². The maximum absolute atomic E-state index is 13.1. The van der Waals surface area contributed by atoms with E-state index in [4.69, 9.17) is 4.98 Å². The normalized spacial score (nSPS) is 15.9. The highest BCUT2D eigenvalue weighted by atomic mass is 16.3. The Hall–Kier alpha value is -3.45. The summed E-state index contributed by atoms with van der Waals surface area (Å²) in [6.07, 6.45) is 1.90. The van der Waals surface area contributed by atoms with Crippen LogP contribution in [0.25, 0.3) is 10.9 Å². The molecule has 1 aliphatic heterocycles. The van der Waals surface area contributed by atoms with Crippen molar-refractivity contribution in [2.75, 3.05) is 28.7 Å². The Morgan fingerprint density at radius 2 is 1.80 bits per heavy atom. The third kappa shape index (κ3) is 4.11. The molecule has 4 rings (SSSR count). The van der Waals surface area contributed by atoms with E-state index in [1.807, 2.05) is 24.3 Å². The lowest BCUT2D eigenvalue weighted by molar-refractivity contribution is -0.114. The fourth-order valence-corrected chi connectivity index (χ4v) is 3.86. The maximum Gasteiger partial charge on any atom is 0.256 e. The van der Waals surface area contributed by atoms with Crippen molar-refractivity contribution in [2.45, 2.75) is 25.8 Å². The lowest BCUT2D eigenvalue weighted by atomic mass is 10.1. The van der Waals surface area contributed by atoms with Crippen molar-refractivity contribution in [3.63, 3.8) is 0 Å². The van der Waals surface area contributed by atoms with Crippen LogP contribution >= 0.6 is 0 Å². The number of hydrogen-bond donors (Lipinski definition) is 3. The number of nitrogens with one attached hydrogen (secondary N) is 2. The predicted octanol–water partition coefficient (Wildman–Crippen LogP) is 3.41. The standard InChI is InChI=1S/C23H24N4O3/c1-15(29)24-16-8-10-17(11-9-16)25-23(30)20-13-22(27-12-4-5-18(27)14-28)26-21-7-3-2-6-19(20)21/h2-3,6-11,13,18,28H,4-5,12,14H2,1H3,(H,24,29)(H,25,30). The minimum atomic E-state index is -0.234. The van der Waals surface area contributed by atoms with Gasteiger partial charge in [-0.3, -0.25) is 9.59 Å². The lowest BCUT2D eigenvalue weighted by Crippen LogP contribution is -2.33.